The van der Waals surface area contributed by atoms with Crippen LogP contribution in [0.3, 0.4) is 0 Å². The van der Waals surface area contributed by atoms with Crippen LogP contribution in [0, 0.1) is 5.92 Å². The number of piperidine rings is 1. The Kier molecular flexibility index (Phi) is 9.20. The fraction of sp³-hybridized carbons (Fsp3) is 0.407. The summed E-state index contributed by atoms with van der Waals surface area (Å²) in [4.78, 5) is 52.2. The van der Waals surface area contributed by atoms with Crippen LogP contribution in [-0.4, -0.2) is 53.6 Å². The summed E-state index contributed by atoms with van der Waals surface area (Å²) in [5.74, 6) is -3.64. The molecule has 0 bridgehead atoms. The van der Waals surface area contributed by atoms with Crippen LogP contribution in [0.5, 0.6) is 0 Å². The lowest BCUT2D eigenvalue weighted by Gasteiger charge is -2.35. The maximum absolute atomic E-state index is 13.6. The number of halogens is 3. The number of rotatable bonds is 5. The van der Waals surface area contributed by atoms with Gasteiger partial charge in [0.1, 0.15) is 5.60 Å². The maximum atomic E-state index is 13.6. The zero-order valence-electron chi connectivity index (χ0n) is 21.9. The fourth-order valence-corrected chi connectivity index (χ4v) is 3.96. The number of ether oxygens (including phenoxy) is 1. The molecule has 1 saturated heterocycles. The van der Waals surface area contributed by atoms with E-state index in [0.29, 0.717) is 37.2 Å². The van der Waals surface area contributed by atoms with Crippen molar-refractivity contribution in [3.63, 3.8) is 0 Å². The van der Waals surface area contributed by atoms with Crippen LogP contribution in [0.4, 0.5) is 23.7 Å². The van der Waals surface area contributed by atoms with Gasteiger partial charge in [-0.1, -0.05) is 30.3 Å². The van der Waals surface area contributed by atoms with Crippen LogP contribution in [-0.2, 0) is 20.9 Å². The Balaban J connectivity index is 1.67. The molecule has 0 radical (unpaired) electrons. The third kappa shape index (κ3) is 8.45. The molecule has 9 nitrogen and oxygen atoms in total. The van der Waals surface area contributed by atoms with Crippen molar-refractivity contribution in [1.82, 2.24) is 15.8 Å². The van der Waals surface area contributed by atoms with Crippen molar-refractivity contribution in [3.8, 4) is 0 Å². The van der Waals surface area contributed by atoms with Gasteiger partial charge in [-0.3, -0.25) is 25.2 Å². The van der Waals surface area contributed by atoms with E-state index in [1.807, 2.05) is 18.2 Å². The van der Waals surface area contributed by atoms with Crippen molar-refractivity contribution in [2.45, 2.75) is 51.9 Å². The molecule has 12 heteroatoms. The maximum Gasteiger partial charge on any atom is 0.472 e. The van der Waals surface area contributed by atoms with Gasteiger partial charge in [-0.25, -0.2) is 4.79 Å². The van der Waals surface area contributed by atoms with Crippen molar-refractivity contribution in [2.75, 3.05) is 18.0 Å². The Hall–Kier alpha value is -4.09. The Morgan fingerprint density at radius 1 is 0.923 bits per heavy atom. The first-order valence-electron chi connectivity index (χ1n) is 12.4. The van der Waals surface area contributed by atoms with Crippen LogP contribution in [0.15, 0.2) is 54.6 Å². The normalized spacial score (nSPS) is 14.4. The van der Waals surface area contributed by atoms with E-state index in [-0.39, 0.29) is 23.9 Å². The number of anilines is 1. The Labute approximate surface area is 224 Å². The van der Waals surface area contributed by atoms with E-state index in [9.17, 15) is 32.3 Å². The van der Waals surface area contributed by atoms with Crippen LogP contribution < -0.4 is 15.8 Å². The molecule has 2 N–H and O–H groups in total. The molecular formula is C27H31F3N4O5. The highest BCUT2D eigenvalue weighted by Gasteiger charge is 2.39. The van der Waals surface area contributed by atoms with E-state index < -0.39 is 29.7 Å². The number of hydrogen-bond acceptors (Lipinski definition) is 5. The van der Waals surface area contributed by atoms with Gasteiger partial charge in [0.25, 0.3) is 5.91 Å². The molecular weight excluding hydrogens is 517 g/mol. The SMILES string of the molecule is CC(C)(C)OC(=O)N1CCC(C(=O)N(Cc2ccc(C(=O)NNC(=O)C(F)(F)F)cc2)c2ccccc2)CC1. The fourth-order valence-electron chi connectivity index (χ4n) is 3.96. The topological polar surface area (TPSA) is 108 Å². The third-order valence-corrected chi connectivity index (χ3v) is 5.93. The number of likely N-dealkylation sites (tertiary alicyclic amines) is 1. The second-order valence-electron chi connectivity index (χ2n) is 10.1. The number of hydrazine groups is 1. The number of alkyl halides is 3. The Morgan fingerprint density at radius 3 is 2.05 bits per heavy atom. The minimum Gasteiger partial charge on any atom is -0.444 e. The smallest absolute Gasteiger partial charge is 0.444 e. The molecule has 2 aromatic rings. The van der Waals surface area contributed by atoms with Crippen molar-refractivity contribution >= 4 is 29.5 Å². The minimum absolute atomic E-state index is 0.0216. The van der Waals surface area contributed by atoms with Crippen molar-refractivity contribution in [2.24, 2.45) is 5.92 Å². The summed E-state index contributed by atoms with van der Waals surface area (Å²) < 4.78 is 42.4. The summed E-state index contributed by atoms with van der Waals surface area (Å²) in [6.07, 6.45) is -4.58. The number of para-hydroxylation sites is 1. The first-order chi connectivity index (χ1) is 18.2. The van der Waals surface area contributed by atoms with Crippen molar-refractivity contribution in [1.29, 1.82) is 0 Å². The average Bonchev–Trinajstić information content (AvgIpc) is 2.89. The van der Waals surface area contributed by atoms with Crippen LogP contribution in [0.1, 0.15) is 49.5 Å². The zero-order chi connectivity index (χ0) is 28.8. The van der Waals surface area contributed by atoms with Gasteiger partial charge in [0.2, 0.25) is 5.91 Å². The predicted molar refractivity (Wildman–Crippen MR) is 136 cm³/mol. The predicted octanol–water partition coefficient (Wildman–Crippen LogP) is 4.19. The van der Waals surface area contributed by atoms with Gasteiger partial charge in [-0.2, -0.15) is 13.2 Å². The van der Waals surface area contributed by atoms with Crippen LogP contribution in [0.25, 0.3) is 0 Å². The van der Waals surface area contributed by atoms with Gasteiger partial charge >= 0.3 is 18.2 Å². The highest BCUT2D eigenvalue weighted by atomic mass is 19.4. The number of carbonyl (C=O) groups excluding carboxylic acids is 4. The summed E-state index contributed by atoms with van der Waals surface area (Å²) in [5, 5.41) is 0. The number of hydrogen-bond donors (Lipinski definition) is 2. The number of benzene rings is 2. The van der Waals surface area contributed by atoms with Crippen molar-refractivity contribution < 1.29 is 37.1 Å². The minimum atomic E-state index is -5.13. The second-order valence-corrected chi connectivity index (χ2v) is 10.1. The van der Waals surface area contributed by atoms with E-state index in [2.05, 4.69) is 0 Å². The lowest BCUT2D eigenvalue weighted by molar-refractivity contribution is -0.174. The number of amides is 4. The van der Waals surface area contributed by atoms with Gasteiger partial charge in [-0.05, 0) is 63.4 Å². The standard InChI is InChI=1S/C27H31F3N4O5/c1-26(2,3)39-25(38)33-15-13-20(14-16-33)23(36)34(21-7-5-4-6-8-21)17-18-9-11-19(12-10-18)22(35)31-32-24(37)27(28,29)30/h4-12,20H,13-17H2,1-3H3,(H,31,35)(H,32,37). The molecule has 3 rings (SSSR count). The molecule has 4 amide bonds. The molecule has 210 valence electrons. The van der Waals surface area contributed by atoms with Crippen molar-refractivity contribution in [3.05, 3.63) is 65.7 Å². The largest absolute Gasteiger partial charge is 0.472 e. The quantitative estimate of drug-likeness (QED) is 0.545. The van der Waals surface area contributed by atoms with E-state index >= 15 is 0 Å². The highest BCUT2D eigenvalue weighted by Crippen LogP contribution is 2.26. The molecule has 1 fully saturated rings. The van der Waals surface area contributed by atoms with Gasteiger partial charge in [0.05, 0.1) is 6.54 Å². The molecule has 1 heterocycles. The summed E-state index contributed by atoms with van der Waals surface area (Å²) >= 11 is 0. The van der Waals surface area contributed by atoms with E-state index in [1.165, 1.54) is 17.6 Å². The van der Waals surface area contributed by atoms with Crippen LogP contribution >= 0.6 is 0 Å². The first kappa shape index (κ1) is 29.5. The Bertz CT molecular complexity index is 1170. The first-order valence-corrected chi connectivity index (χ1v) is 12.4. The number of carbonyl (C=O) groups is 4. The molecule has 1 aliphatic rings. The number of nitrogens with zero attached hydrogens (tertiary/aromatic N) is 2. The summed E-state index contributed by atoms with van der Waals surface area (Å²) in [6.45, 7) is 6.35. The lowest BCUT2D eigenvalue weighted by atomic mass is 9.95. The molecule has 0 spiro atoms. The lowest BCUT2D eigenvalue weighted by Crippen LogP contribution is -2.47. The van der Waals surface area contributed by atoms with E-state index in [0.717, 1.165) is 0 Å². The number of nitrogens with one attached hydrogen (secondary N) is 2. The van der Waals surface area contributed by atoms with E-state index in [1.54, 1.807) is 60.3 Å². The van der Waals surface area contributed by atoms with Gasteiger partial charge < -0.3 is 14.5 Å². The highest BCUT2D eigenvalue weighted by molar-refractivity contribution is 5.96. The van der Waals surface area contributed by atoms with Crippen LogP contribution in [0.2, 0.25) is 0 Å². The third-order valence-electron chi connectivity index (χ3n) is 5.93. The molecule has 0 aromatic heterocycles. The van der Waals surface area contributed by atoms with Gasteiger partial charge in [0.15, 0.2) is 0 Å². The monoisotopic (exact) mass is 548 g/mol. The van der Waals surface area contributed by atoms with E-state index in [4.69, 9.17) is 4.74 Å². The molecule has 0 atom stereocenters. The van der Waals surface area contributed by atoms with Gasteiger partial charge in [0, 0.05) is 30.3 Å². The molecule has 39 heavy (non-hydrogen) atoms. The summed E-state index contributed by atoms with van der Waals surface area (Å²) in [6, 6.07) is 15.0. The summed E-state index contributed by atoms with van der Waals surface area (Å²) in [5.41, 5.74) is 3.79. The molecule has 2 aromatic carbocycles. The molecule has 0 saturated carbocycles. The average molecular weight is 549 g/mol. The molecule has 0 unspecified atom stereocenters. The van der Waals surface area contributed by atoms with Gasteiger partial charge in [-0.15, -0.1) is 0 Å². The molecule has 1 aliphatic heterocycles. The molecule has 0 aliphatic carbocycles. The summed E-state index contributed by atoms with van der Waals surface area (Å²) in [7, 11) is 0. The second kappa shape index (κ2) is 12.2. The zero-order valence-corrected chi connectivity index (χ0v) is 21.9. The Morgan fingerprint density at radius 2 is 1.51 bits per heavy atom.